The van der Waals surface area contributed by atoms with Crippen molar-refractivity contribution in [3.8, 4) is 52.0 Å². The number of imidazole rings is 1. The van der Waals surface area contributed by atoms with Crippen LogP contribution >= 0.6 is 0 Å². The van der Waals surface area contributed by atoms with Crippen molar-refractivity contribution < 1.29 is 23.0 Å². The van der Waals surface area contributed by atoms with Crippen LogP contribution in [0.2, 0.25) is 0 Å². The average Bonchev–Trinajstić information content (AvgIpc) is 1.63. The van der Waals surface area contributed by atoms with Gasteiger partial charge in [0.05, 0.1) is 53.9 Å². The first-order chi connectivity index (χ1) is 51.5. The summed E-state index contributed by atoms with van der Waals surface area (Å²) in [5, 5.41) is 9.28. The van der Waals surface area contributed by atoms with Crippen molar-refractivity contribution in [3.05, 3.63) is 305 Å². The summed E-state index contributed by atoms with van der Waals surface area (Å²) in [7, 11) is 4.44. The van der Waals surface area contributed by atoms with Crippen LogP contribution in [-0.2, 0) is 60.4 Å². The second kappa shape index (κ2) is 31.0. The van der Waals surface area contributed by atoms with E-state index in [4.69, 9.17) is 14.2 Å². The van der Waals surface area contributed by atoms with Crippen molar-refractivity contribution in [3.63, 3.8) is 0 Å². The first-order valence-corrected chi connectivity index (χ1v) is 34.6. The molecule has 0 fully saturated rings. The minimum atomic E-state index is -0.451. The van der Waals surface area contributed by atoms with Crippen LogP contribution in [0.3, 0.4) is 0 Å². The fraction of sp³-hybridized carbons (Fsp3) is 0.228. The lowest BCUT2D eigenvalue weighted by atomic mass is 10.2. The van der Waals surface area contributed by atoms with Crippen LogP contribution in [0.5, 0.6) is 34.9 Å². The monoisotopic (exact) mass is 1450 g/mol. The first-order valence-electron chi connectivity index (χ1n) is 34.6. The molecule has 0 aliphatic heterocycles. The second-order valence-electron chi connectivity index (χ2n) is 27.1. The number of hydrogen-bond acceptors (Lipinski definition) is 14. The largest absolute Gasteiger partial charge is 0.440 e. The maximum Gasteiger partial charge on any atom is 0.331 e. The standard InChI is InChI=1S/C27H26FN5O3.C26H25FN6O3.C26H26N6O3/c1-18(2)14-33-23-16-32(15-19-4-8-21(9-5-19)31-13-12-29-17-31)26(24(23)25(34)30(3)27(33)35)36-22-10-6-20(28)7-11-22;1-17(2)12-32-22-14-31(13-18-4-8-20(9-5-18)33-16-28-15-29-33)25(23(22)24(34)30(3)26(32)35)36-21-10-6-19(27)7-11-21;1-18(2)13-31-22-15-30(14-19-9-11-20(12-10-19)32-17-27-16-28-32)25(35-21-7-5-4-6-8-21)23(22)24(33)29(3)26(31)34/h4-13,16-18H,14-15H2,1-3H3;4-11,14-17H,12-13H2,1-3H3;4-12,15-18H,13-14H2,1-3H3. The Kier molecular flexibility index (Phi) is 20.9. The highest BCUT2D eigenvalue weighted by Gasteiger charge is 2.26. The summed E-state index contributed by atoms with van der Waals surface area (Å²) in [5.74, 6) is 2.17. The van der Waals surface area contributed by atoms with Gasteiger partial charge in [-0.3, -0.25) is 41.8 Å². The van der Waals surface area contributed by atoms with Crippen molar-refractivity contribution in [2.24, 2.45) is 38.9 Å². The van der Waals surface area contributed by atoms with Gasteiger partial charge in [0, 0.05) is 77.4 Å². The SMILES string of the molecule is CC(C)Cn1c(=O)n(C)c(=O)c2c(Oc3ccc(F)cc3)n(Cc3ccc(-n4ccnc4)cc3)cc21.CC(C)Cn1c(=O)n(C)c(=O)c2c(Oc3ccc(F)cc3)n(Cc3ccc(-n4cncn4)cc3)cc21.CC(C)Cn1c(=O)n(C)c(=O)c2c(Oc3ccccc3)n(Cc3ccc(-n4cncn4)cc3)cc21. The van der Waals surface area contributed by atoms with E-state index in [1.165, 1.54) is 82.3 Å². The molecular formula is C79H77F2N17O9. The van der Waals surface area contributed by atoms with Crippen LogP contribution in [0.25, 0.3) is 49.8 Å². The van der Waals surface area contributed by atoms with Gasteiger partial charge in [-0.1, -0.05) is 96.1 Å². The molecule has 0 aliphatic carbocycles. The summed E-state index contributed by atoms with van der Waals surface area (Å²) in [6.07, 6.45) is 16.9. The third kappa shape index (κ3) is 15.5. The Morgan fingerprint density at radius 2 is 0.710 bits per heavy atom. The molecule has 0 bridgehead atoms. The van der Waals surface area contributed by atoms with Gasteiger partial charge in [0.15, 0.2) is 0 Å². The number of para-hydroxylation sites is 1. The fourth-order valence-corrected chi connectivity index (χ4v) is 12.5. The molecule has 0 saturated carbocycles. The number of aromatic nitrogens is 17. The Bertz CT molecular complexity index is 5760. The molecule has 0 spiro atoms. The number of fused-ring (bicyclic) bond motifs is 3. The third-order valence-corrected chi connectivity index (χ3v) is 17.7. The highest BCUT2D eigenvalue weighted by atomic mass is 19.1. The summed E-state index contributed by atoms with van der Waals surface area (Å²) < 4.78 is 64.6. The lowest BCUT2D eigenvalue weighted by Gasteiger charge is -2.13. The van der Waals surface area contributed by atoms with E-state index in [0.717, 1.165) is 47.5 Å². The number of benzene rings is 6. The maximum absolute atomic E-state index is 13.5. The Labute approximate surface area is 609 Å². The molecule has 0 N–H and O–H groups in total. The van der Waals surface area contributed by atoms with Gasteiger partial charge in [0.2, 0.25) is 17.6 Å². The van der Waals surface area contributed by atoms with Crippen molar-refractivity contribution in [2.75, 3.05) is 0 Å². The zero-order valence-electron chi connectivity index (χ0n) is 60.2. The summed E-state index contributed by atoms with van der Waals surface area (Å²) in [4.78, 5) is 90.8. The highest BCUT2D eigenvalue weighted by molar-refractivity contribution is 5.87. The van der Waals surface area contributed by atoms with Crippen LogP contribution < -0.4 is 48.0 Å². The molecule has 0 aliphatic rings. The van der Waals surface area contributed by atoms with Crippen molar-refractivity contribution in [1.29, 1.82) is 0 Å². The van der Waals surface area contributed by atoms with Gasteiger partial charge in [-0.05, 0) is 132 Å². The number of nitrogens with zero attached hydrogens (tertiary/aromatic N) is 17. The maximum atomic E-state index is 13.5. The zero-order chi connectivity index (χ0) is 75.3. The Morgan fingerprint density at radius 1 is 0.383 bits per heavy atom. The molecule has 0 atom stereocenters. The molecule has 6 aromatic carbocycles. The molecule has 15 aromatic rings. The zero-order valence-corrected chi connectivity index (χ0v) is 60.2. The van der Waals surface area contributed by atoms with E-state index in [1.54, 1.807) is 65.2 Å². The third-order valence-electron chi connectivity index (χ3n) is 17.7. The van der Waals surface area contributed by atoms with E-state index in [-0.39, 0.29) is 52.1 Å². The molecule has 0 saturated heterocycles. The van der Waals surface area contributed by atoms with Gasteiger partial charge < -0.3 is 32.5 Å². The minimum absolute atomic E-state index is 0.178. The average molecular weight is 1450 g/mol. The van der Waals surface area contributed by atoms with Crippen LogP contribution in [0.4, 0.5) is 8.78 Å². The normalized spacial score (nSPS) is 11.5. The molecule has 9 aromatic heterocycles. The number of rotatable bonds is 21. The predicted octanol–water partition coefficient (Wildman–Crippen LogP) is 11.6. The smallest absolute Gasteiger partial charge is 0.331 e. The van der Waals surface area contributed by atoms with Crippen molar-refractivity contribution in [1.82, 2.24) is 80.2 Å². The molecule has 0 unspecified atom stereocenters. The topological polar surface area (TPSA) is 254 Å². The number of hydrogen-bond donors (Lipinski definition) is 0. The van der Waals surface area contributed by atoms with Gasteiger partial charge in [-0.2, -0.15) is 10.2 Å². The van der Waals surface area contributed by atoms with E-state index >= 15 is 0 Å². The van der Waals surface area contributed by atoms with E-state index in [2.05, 4.69) is 25.1 Å². The van der Waals surface area contributed by atoms with Gasteiger partial charge in [-0.15, -0.1) is 0 Å². The van der Waals surface area contributed by atoms with E-state index < -0.39 is 16.9 Å². The fourth-order valence-electron chi connectivity index (χ4n) is 12.5. The van der Waals surface area contributed by atoms with Crippen molar-refractivity contribution in [2.45, 2.75) is 80.8 Å². The van der Waals surface area contributed by atoms with E-state index in [1.807, 2.05) is 171 Å². The molecule has 0 amide bonds. The van der Waals surface area contributed by atoms with Crippen molar-refractivity contribution >= 4 is 32.7 Å². The van der Waals surface area contributed by atoms with Gasteiger partial charge in [0.1, 0.15) is 70.4 Å². The van der Waals surface area contributed by atoms with Crippen LogP contribution in [0.1, 0.15) is 58.2 Å². The second-order valence-corrected chi connectivity index (χ2v) is 27.1. The molecule has 546 valence electrons. The Morgan fingerprint density at radius 3 is 1.01 bits per heavy atom. The predicted molar refractivity (Wildman–Crippen MR) is 402 cm³/mol. The van der Waals surface area contributed by atoms with Crippen LogP contribution in [-0.4, -0.2) is 80.2 Å². The molecule has 9 heterocycles. The lowest BCUT2D eigenvalue weighted by Crippen LogP contribution is -2.38. The van der Waals surface area contributed by atoms with Gasteiger partial charge in [0.25, 0.3) is 16.7 Å². The Hall–Kier alpha value is -13.3. The molecule has 0 radical (unpaired) electrons. The summed E-state index contributed by atoms with van der Waals surface area (Å²) in [6.45, 7) is 14.7. The molecule has 26 nitrogen and oxygen atoms in total. The minimum Gasteiger partial charge on any atom is -0.440 e. The summed E-state index contributed by atoms with van der Waals surface area (Å²) in [5.41, 5.74) is 4.82. The number of ether oxygens (including phenoxy) is 3. The highest BCUT2D eigenvalue weighted by Crippen LogP contribution is 2.35. The lowest BCUT2D eigenvalue weighted by molar-refractivity contribution is 0.439. The molecular weight excluding hydrogens is 1370 g/mol. The summed E-state index contributed by atoms with van der Waals surface area (Å²) in [6, 6.07) is 44.1. The summed E-state index contributed by atoms with van der Waals surface area (Å²) >= 11 is 0. The molecule has 28 heteroatoms. The number of halogens is 2. The quantitative estimate of drug-likeness (QED) is 0.0648. The van der Waals surface area contributed by atoms with E-state index in [0.29, 0.717) is 101 Å². The van der Waals surface area contributed by atoms with E-state index in [9.17, 15) is 37.5 Å². The first kappa shape index (κ1) is 72.1. The van der Waals surface area contributed by atoms with Crippen LogP contribution in [0, 0.1) is 29.4 Å². The molecule has 15 rings (SSSR count). The molecule has 107 heavy (non-hydrogen) atoms. The van der Waals surface area contributed by atoms with Crippen LogP contribution in [0.15, 0.2) is 243 Å². The van der Waals surface area contributed by atoms with Gasteiger partial charge in [-0.25, -0.2) is 47.5 Å². The van der Waals surface area contributed by atoms with Gasteiger partial charge >= 0.3 is 17.1 Å². The Balaban J connectivity index is 0.000000142.